The zero-order chi connectivity index (χ0) is 16.8. The zero-order valence-electron chi connectivity index (χ0n) is 14.3. The van der Waals surface area contributed by atoms with E-state index in [4.69, 9.17) is 9.84 Å². The fourth-order valence-electron chi connectivity index (χ4n) is 1.99. The van der Waals surface area contributed by atoms with Gasteiger partial charge in [0.1, 0.15) is 17.1 Å². The van der Waals surface area contributed by atoms with Gasteiger partial charge in [0.15, 0.2) is 0 Å². The first-order valence-corrected chi connectivity index (χ1v) is 8.90. The number of nitrogens with one attached hydrogen (secondary N) is 1. The van der Waals surface area contributed by atoms with Crippen molar-refractivity contribution >= 4 is 11.4 Å². The highest BCUT2D eigenvalue weighted by Gasteiger charge is 2.27. The average molecular weight is 327 g/mol. The number of aryl methyl sites for hydroxylation is 2. The first-order valence-electron chi connectivity index (χ1n) is 7.75. The van der Waals surface area contributed by atoms with Crippen LogP contribution in [-0.4, -0.2) is 33.7 Å². The van der Waals surface area contributed by atoms with Gasteiger partial charge < -0.3 is 14.4 Å². The molecule has 0 spiro atoms. The van der Waals surface area contributed by atoms with Crippen molar-refractivity contribution in [1.82, 2.24) is 4.72 Å². The molecule has 0 radical (unpaired) electrons. The van der Waals surface area contributed by atoms with Crippen molar-refractivity contribution in [2.75, 3.05) is 13.2 Å². The molecule has 126 valence electrons. The molecule has 0 saturated carbocycles. The van der Waals surface area contributed by atoms with Gasteiger partial charge in [-0.3, -0.25) is 0 Å². The number of aliphatic hydroxyl groups is 1. The van der Waals surface area contributed by atoms with Gasteiger partial charge in [-0.25, -0.2) is 0 Å². The minimum absolute atomic E-state index is 0.0231. The summed E-state index contributed by atoms with van der Waals surface area (Å²) in [6.07, 6.45) is 1.86. The third kappa shape index (κ3) is 6.57. The van der Waals surface area contributed by atoms with E-state index in [2.05, 4.69) is 17.7 Å². The van der Waals surface area contributed by atoms with Crippen molar-refractivity contribution in [3.8, 4) is 5.75 Å². The predicted octanol–water partition coefficient (Wildman–Crippen LogP) is 2.74. The number of hydrogen-bond donors (Lipinski definition) is 2. The zero-order valence-corrected chi connectivity index (χ0v) is 15.1. The van der Waals surface area contributed by atoms with Gasteiger partial charge in [-0.2, -0.15) is 0 Å². The Morgan fingerprint density at radius 2 is 2.05 bits per heavy atom. The van der Waals surface area contributed by atoms with Crippen molar-refractivity contribution < 1.29 is 14.4 Å². The summed E-state index contributed by atoms with van der Waals surface area (Å²) in [4.78, 5) is 0. The second-order valence-electron chi connectivity index (χ2n) is 6.61. The third-order valence-electron chi connectivity index (χ3n) is 3.32. The van der Waals surface area contributed by atoms with Gasteiger partial charge in [0.2, 0.25) is 0 Å². The Kier molecular flexibility index (Phi) is 7.69. The van der Waals surface area contributed by atoms with Crippen molar-refractivity contribution in [2.45, 2.75) is 58.2 Å². The molecule has 0 aromatic heterocycles. The topological polar surface area (TPSA) is 64.5 Å². The summed E-state index contributed by atoms with van der Waals surface area (Å²) in [5, 5.41) is 8.79. The van der Waals surface area contributed by atoms with Crippen LogP contribution in [0.25, 0.3) is 0 Å². The summed E-state index contributed by atoms with van der Waals surface area (Å²) in [6, 6.07) is 6.31. The Balaban J connectivity index is 2.49. The van der Waals surface area contributed by atoms with Gasteiger partial charge in [0, 0.05) is 11.4 Å². The lowest BCUT2D eigenvalue weighted by Crippen LogP contribution is -2.43. The van der Waals surface area contributed by atoms with Gasteiger partial charge in [0.05, 0.1) is 12.6 Å². The quantitative estimate of drug-likeness (QED) is 0.721. The first-order chi connectivity index (χ1) is 10.2. The van der Waals surface area contributed by atoms with Crippen LogP contribution in [0.5, 0.6) is 5.75 Å². The van der Waals surface area contributed by atoms with Crippen LogP contribution in [0.1, 0.15) is 45.2 Å². The van der Waals surface area contributed by atoms with Gasteiger partial charge in [-0.15, -0.1) is 4.72 Å². The minimum atomic E-state index is -1.03. The number of aliphatic hydroxyl groups excluding tert-OH is 1. The second kappa shape index (κ2) is 8.77. The standard InChI is InChI=1S/C17H29NO3S/c1-13-12-15(8-9-16(13)21-11-10-19)7-6-14(2)18-22(20)17(3,4)5/h8-9,12,14,18-19H,6-7,10-11H2,1-5H3/t14-,22?/m1/s1. The maximum atomic E-state index is 12.0. The van der Waals surface area contributed by atoms with E-state index in [1.165, 1.54) is 5.56 Å². The molecule has 5 heteroatoms. The van der Waals surface area contributed by atoms with Crippen molar-refractivity contribution in [1.29, 1.82) is 0 Å². The van der Waals surface area contributed by atoms with Crippen LogP contribution in [0.4, 0.5) is 0 Å². The summed E-state index contributed by atoms with van der Waals surface area (Å²) in [6.45, 7) is 10.3. The summed E-state index contributed by atoms with van der Waals surface area (Å²) in [7, 11) is 0. The van der Waals surface area contributed by atoms with E-state index >= 15 is 0 Å². The van der Waals surface area contributed by atoms with Crippen LogP contribution in [0.15, 0.2) is 18.2 Å². The van der Waals surface area contributed by atoms with E-state index in [9.17, 15) is 4.55 Å². The number of rotatable bonds is 8. The van der Waals surface area contributed by atoms with E-state index in [1.54, 1.807) is 0 Å². The van der Waals surface area contributed by atoms with Gasteiger partial charge >= 0.3 is 0 Å². The molecule has 0 heterocycles. The average Bonchev–Trinajstić information content (AvgIpc) is 2.43. The molecular weight excluding hydrogens is 298 g/mol. The monoisotopic (exact) mass is 327 g/mol. The Morgan fingerprint density at radius 1 is 1.36 bits per heavy atom. The van der Waals surface area contributed by atoms with Crippen molar-refractivity contribution in [3.05, 3.63) is 29.3 Å². The highest BCUT2D eigenvalue weighted by Crippen LogP contribution is 2.20. The Bertz CT molecular complexity index is 460. The van der Waals surface area contributed by atoms with E-state index < -0.39 is 11.4 Å². The van der Waals surface area contributed by atoms with Crippen molar-refractivity contribution in [3.63, 3.8) is 0 Å². The molecular formula is C17H29NO3S. The smallest absolute Gasteiger partial charge is 0.136 e. The second-order valence-corrected chi connectivity index (χ2v) is 8.61. The molecule has 1 rings (SSSR count). The maximum Gasteiger partial charge on any atom is 0.136 e. The SMILES string of the molecule is Cc1cc(CC[C@@H](C)N[S+]([O-])C(C)(C)C)ccc1OCCO. The van der Waals surface area contributed by atoms with E-state index in [-0.39, 0.29) is 17.4 Å². The van der Waals surface area contributed by atoms with E-state index in [1.807, 2.05) is 39.8 Å². The van der Waals surface area contributed by atoms with Gasteiger partial charge in [-0.1, -0.05) is 12.1 Å². The molecule has 2 atom stereocenters. The molecule has 22 heavy (non-hydrogen) atoms. The normalized spacial score (nSPS) is 14.7. The fourth-order valence-corrected chi connectivity index (χ4v) is 2.82. The lowest BCUT2D eigenvalue weighted by atomic mass is 10.0. The molecule has 0 saturated heterocycles. The summed E-state index contributed by atoms with van der Waals surface area (Å²) in [5.41, 5.74) is 2.31. The van der Waals surface area contributed by atoms with Crippen LogP contribution < -0.4 is 9.46 Å². The Hall–Kier alpha value is -0.750. The lowest BCUT2D eigenvalue weighted by molar-refractivity contribution is 0.200. The number of benzene rings is 1. The van der Waals surface area contributed by atoms with E-state index in [0.29, 0.717) is 6.61 Å². The molecule has 4 nitrogen and oxygen atoms in total. The molecule has 1 aromatic carbocycles. The number of ether oxygens (including phenoxy) is 1. The maximum absolute atomic E-state index is 12.0. The van der Waals surface area contributed by atoms with Crippen LogP contribution in [0.3, 0.4) is 0 Å². The highest BCUT2D eigenvalue weighted by molar-refractivity contribution is 7.90. The molecule has 1 unspecified atom stereocenters. The summed E-state index contributed by atoms with van der Waals surface area (Å²) in [5.74, 6) is 0.817. The summed E-state index contributed by atoms with van der Waals surface area (Å²) < 4.78 is 20.4. The van der Waals surface area contributed by atoms with Crippen LogP contribution in [0, 0.1) is 6.92 Å². The largest absolute Gasteiger partial charge is 0.598 e. The molecule has 0 amide bonds. The Labute approximate surface area is 137 Å². The van der Waals surface area contributed by atoms with Crippen molar-refractivity contribution in [2.24, 2.45) is 0 Å². The molecule has 0 bridgehead atoms. The third-order valence-corrected chi connectivity index (χ3v) is 5.05. The Morgan fingerprint density at radius 3 is 2.59 bits per heavy atom. The minimum Gasteiger partial charge on any atom is -0.598 e. The lowest BCUT2D eigenvalue weighted by Gasteiger charge is -2.26. The summed E-state index contributed by atoms with van der Waals surface area (Å²) >= 11 is -1.03. The predicted molar refractivity (Wildman–Crippen MR) is 92.6 cm³/mol. The molecule has 0 aliphatic heterocycles. The molecule has 0 aliphatic rings. The van der Waals surface area contributed by atoms with E-state index in [0.717, 1.165) is 24.2 Å². The molecule has 0 aliphatic carbocycles. The molecule has 2 N–H and O–H groups in total. The first kappa shape index (κ1) is 19.3. The molecule has 1 aromatic rings. The fraction of sp³-hybridized carbons (Fsp3) is 0.647. The van der Waals surface area contributed by atoms with Crippen LogP contribution in [-0.2, 0) is 17.8 Å². The van der Waals surface area contributed by atoms with Gasteiger partial charge in [-0.05, 0) is 64.7 Å². The molecule has 0 fully saturated rings. The highest BCUT2D eigenvalue weighted by atomic mass is 32.2. The number of hydrogen-bond acceptors (Lipinski definition) is 4. The van der Waals surface area contributed by atoms with Crippen LogP contribution in [0.2, 0.25) is 0 Å². The van der Waals surface area contributed by atoms with Crippen LogP contribution >= 0.6 is 0 Å². The van der Waals surface area contributed by atoms with Gasteiger partial charge in [0.25, 0.3) is 0 Å².